The Morgan fingerprint density at radius 2 is 2.07 bits per heavy atom. The molecule has 3 heteroatoms. The quantitative estimate of drug-likeness (QED) is 0.743. The molecule has 0 aromatic heterocycles. The summed E-state index contributed by atoms with van der Waals surface area (Å²) in [5.41, 5.74) is 0. The van der Waals surface area contributed by atoms with Crippen LogP contribution in [0.3, 0.4) is 0 Å². The molecule has 2 fully saturated rings. The zero-order valence-electron chi connectivity index (χ0n) is 9.67. The van der Waals surface area contributed by atoms with Crippen LogP contribution in [-0.4, -0.2) is 36.5 Å². The fraction of sp³-hybridized carbons (Fsp3) is 0.917. The minimum atomic E-state index is 0.287. The smallest absolute Gasteiger partial charge is 0.236 e. The van der Waals surface area contributed by atoms with Gasteiger partial charge >= 0.3 is 0 Å². The monoisotopic (exact) mass is 210 g/mol. The molecule has 1 amide bonds. The summed E-state index contributed by atoms with van der Waals surface area (Å²) < 4.78 is 0. The predicted molar refractivity (Wildman–Crippen MR) is 60.6 cm³/mol. The van der Waals surface area contributed by atoms with Gasteiger partial charge in [0.15, 0.2) is 0 Å². The van der Waals surface area contributed by atoms with Gasteiger partial charge in [0.2, 0.25) is 5.91 Å². The Morgan fingerprint density at radius 1 is 1.40 bits per heavy atom. The van der Waals surface area contributed by atoms with E-state index in [0.717, 1.165) is 19.0 Å². The minimum Gasteiger partial charge on any atom is -0.342 e. The van der Waals surface area contributed by atoms with Crippen molar-refractivity contribution in [1.82, 2.24) is 10.2 Å². The Morgan fingerprint density at radius 3 is 2.67 bits per heavy atom. The van der Waals surface area contributed by atoms with Gasteiger partial charge in [0, 0.05) is 19.1 Å². The lowest BCUT2D eigenvalue weighted by Crippen LogP contribution is -2.39. The van der Waals surface area contributed by atoms with E-state index in [2.05, 4.69) is 12.2 Å². The highest BCUT2D eigenvalue weighted by molar-refractivity contribution is 5.78. The zero-order valence-corrected chi connectivity index (χ0v) is 9.67. The van der Waals surface area contributed by atoms with Crippen LogP contribution in [0.5, 0.6) is 0 Å². The average Bonchev–Trinajstić information content (AvgIpc) is 2.86. The normalized spacial score (nSPS) is 23.1. The molecule has 2 aliphatic rings. The third-order valence-electron chi connectivity index (χ3n) is 3.44. The lowest BCUT2D eigenvalue weighted by molar-refractivity contribution is -0.129. The first-order valence-corrected chi connectivity index (χ1v) is 6.27. The molecule has 0 radical (unpaired) electrons. The van der Waals surface area contributed by atoms with Crippen molar-refractivity contribution in [1.29, 1.82) is 0 Å². The van der Waals surface area contributed by atoms with E-state index in [0.29, 0.717) is 12.6 Å². The maximum absolute atomic E-state index is 11.7. The number of likely N-dealkylation sites (tertiary alicyclic amines) is 1. The van der Waals surface area contributed by atoms with Crippen LogP contribution >= 0.6 is 0 Å². The van der Waals surface area contributed by atoms with E-state index in [1.165, 1.54) is 32.1 Å². The summed E-state index contributed by atoms with van der Waals surface area (Å²) >= 11 is 0. The highest BCUT2D eigenvalue weighted by Gasteiger charge is 2.24. The van der Waals surface area contributed by atoms with E-state index in [1.807, 2.05) is 4.90 Å². The van der Waals surface area contributed by atoms with Gasteiger partial charge in [-0.3, -0.25) is 4.79 Å². The molecular formula is C12H22N2O. The summed E-state index contributed by atoms with van der Waals surface area (Å²) in [7, 11) is 0. The molecule has 0 spiro atoms. The van der Waals surface area contributed by atoms with E-state index >= 15 is 0 Å². The molecule has 86 valence electrons. The van der Waals surface area contributed by atoms with Crippen LogP contribution in [0.25, 0.3) is 0 Å². The molecule has 1 atom stereocenters. The van der Waals surface area contributed by atoms with Crippen LogP contribution in [0.15, 0.2) is 0 Å². The van der Waals surface area contributed by atoms with E-state index in [-0.39, 0.29) is 5.91 Å². The predicted octanol–water partition coefficient (Wildman–Crippen LogP) is 1.39. The van der Waals surface area contributed by atoms with Crippen LogP contribution < -0.4 is 5.32 Å². The molecule has 15 heavy (non-hydrogen) atoms. The highest BCUT2D eigenvalue weighted by Crippen LogP contribution is 2.33. The van der Waals surface area contributed by atoms with Crippen molar-refractivity contribution >= 4 is 5.91 Å². The van der Waals surface area contributed by atoms with Crippen molar-refractivity contribution in [2.45, 2.75) is 45.1 Å². The number of carbonyl (C=O) groups excluding carboxylic acids is 1. The van der Waals surface area contributed by atoms with Gasteiger partial charge in [0.1, 0.15) is 0 Å². The first-order valence-electron chi connectivity index (χ1n) is 6.27. The largest absolute Gasteiger partial charge is 0.342 e. The summed E-state index contributed by atoms with van der Waals surface area (Å²) in [6.07, 6.45) is 6.40. The summed E-state index contributed by atoms with van der Waals surface area (Å²) in [6.45, 7) is 4.67. The Labute approximate surface area is 92.2 Å². The lowest BCUT2D eigenvalue weighted by Gasteiger charge is -2.18. The number of hydrogen-bond acceptors (Lipinski definition) is 2. The first kappa shape index (κ1) is 10.9. The van der Waals surface area contributed by atoms with Crippen LogP contribution in [0.2, 0.25) is 0 Å². The number of nitrogens with zero attached hydrogens (tertiary/aromatic N) is 1. The van der Waals surface area contributed by atoms with Gasteiger partial charge < -0.3 is 10.2 Å². The van der Waals surface area contributed by atoms with Crippen molar-refractivity contribution in [3.05, 3.63) is 0 Å². The van der Waals surface area contributed by atoms with Crippen LogP contribution in [0.4, 0.5) is 0 Å². The number of hydrogen-bond donors (Lipinski definition) is 1. The molecule has 2 rings (SSSR count). The molecule has 3 nitrogen and oxygen atoms in total. The second-order valence-corrected chi connectivity index (χ2v) is 5.05. The average molecular weight is 210 g/mol. The van der Waals surface area contributed by atoms with Gasteiger partial charge in [-0.15, -0.1) is 0 Å². The van der Waals surface area contributed by atoms with Crippen LogP contribution in [0.1, 0.15) is 39.0 Å². The summed E-state index contributed by atoms with van der Waals surface area (Å²) in [5, 5.41) is 3.34. The van der Waals surface area contributed by atoms with Gasteiger partial charge in [-0.2, -0.15) is 0 Å². The van der Waals surface area contributed by atoms with Gasteiger partial charge in [0.25, 0.3) is 0 Å². The molecule has 1 heterocycles. The topological polar surface area (TPSA) is 32.3 Å². The van der Waals surface area contributed by atoms with Crippen LogP contribution in [0, 0.1) is 5.92 Å². The summed E-state index contributed by atoms with van der Waals surface area (Å²) in [5.74, 6) is 1.23. The summed E-state index contributed by atoms with van der Waals surface area (Å²) in [6, 6.07) is 0.504. The second-order valence-electron chi connectivity index (χ2n) is 5.05. The van der Waals surface area contributed by atoms with Crippen molar-refractivity contribution < 1.29 is 4.79 Å². The fourth-order valence-corrected chi connectivity index (χ4v) is 2.28. The third kappa shape index (κ3) is 3.49. The highest BCUT2D eigenvalue weighted by atomic mass is 16.2. The fourth-order valence-electron chi connectivity index (χ4n) is 2.28. The molecule has 1 saturated heterocycles. The van der Waals surface area contributed by atoms with Crippen molar-refractivity contribution in [2.75, 3.05) is 19.6 Å². The summed E-state index contributed by atoms with van der Waals surface area (Å²) in [4.78, 5) is 13.7. The SMILES string of the molecule is CC(CC1CC1)NCC(=O)N1CCCC1. The van der Waals surface area contributed by atoms with E-state index in [9.17, 15) is 4.79 Å². The minimum absolute atomic E-state index is 0.287. The van der Waals surface area contributed by atoms with E-state index in [1.54, 1.807) is 0 Å². The van der Waals surface area contributed by atoms with Gasteiger partial charge in [-0.25, -0.2) is 0 Å². The molecule has 0 aromatic carbocycles. The van der Waals surface area contributed by atoms with Gasteiger partial charge in [-0.05, 0) is 32.1 Å². The molecule has 0 bridgehead atoms. The third-order valence-corrected chi connectivity index (χ3v) is 3.44. The Hall–Kier alpha value is -0.570. The molecule has 1 aliphatic heterocycles. The lowest BCUT2D eigenvalue weighted by atomic mass is 10.1. The van der Waals surface area contributed by atoms with Crippen molar-refractivity contribution in [3.63, 3.8) is 0 Å². The second kappa shape index (κ2) is 4.97. The Kier molecular flexibility index (Phi) is 3.62. The standard InChI is InChI=1S/C12H22N2O/c1-10(8-11-4-5-11)13-9-12(15)14-6-2-3-7-14/h10-11,13H,2-9H2,1H3. The number of nitrogens with one attached hydrogen (secondary N) is 1. The molecule has 1 N–H and O–H groups in total. The zero-order chi connectivity index (χ0) is 10.7. The Balaban J connectivity index is 1.60. The molecule has 1 aliphatic carbocycles. The van der Waals surface area contributed by atoms with Crippen LogP contribution in [-0.2, 0) is 4.79 Å². The molecular weight excluding hydrogens is 188 g/mol. The van der Waals surface area contributed by atoms with E-state index in [4.69, 9.17) is 0 Å². The van der Waals surface area contributed by atoms with E-state index < -0.39 is 0 Å². The molecule has 1 unspecified atom stereocenters. The maximum atomic E-state index is 11.7. The Bertz CT molecular complexity index is 220. The number of carbonyl (C=O) groups is 1. The number of rotatable bonds is 5. The van der Waals surface area contributed by atoms with Gasteiger partial charge in [0.05, 0.1) is 6.54 Å². The van der Waals surface area contributed by atoms with Gasteiger partial charge in [-0.1, -0.05) is 12.8 Å². The number of amides is 1. The first-order chi connectivity index (χ1) is 7.25. The maximum Gasteiger partial charge on any atom is 0.236 e. The molecule has 1 saturated carbocycles. The van der Waals surface area contributed by atoms with Crippen molar-refractivity contribution in [3.8, 4) is 0 Å². The molecule has 0 aromatic rings. The van der Waals surface area contributed by atoms with Crippen molar-refractivity contribution in [2.24, 2.45) is 5.92 Å².